The van der Waals surface area contributed by atoms with Crippen molar-refractivity contribution < 1.29 is 9.52 Å². The van der Waals surface area contributed by atoms with Crippen LogP contribution < -0.4 is 0 Å². The van der Waals surface area contributed by atoms with E-state index in [0.29, 0.717) is 5.76 Å². The van der Waals surface area contributed by atoms with Gasteiger partial charge < -0.3 is 9.52 Å². The van der Waals surface area contributed by atoms with Gasteiger partial charge in [-0.2, -0.15) is 0 Å². The molecule has 0 spiro atoms. The van der Waals surface area contributed by atoms with Gasteiger partial charge >= 0.3 is 0 Å². The number of nitrogens with one attached hydrogen (secondary N) is 1. The number of aromatic hydroxyl groups is 1. The van der Waals surface area contributed by atoms with E-state index in [4.69, 9.17) is 16.6 Å². The second-order valence-electron chi connectivity index (χ2n) is 3.58. The minimum Gasteiger partial charge on any atom is -0.492 e. The van der Waals surface area contributed by atoms with Crippen LogP contribution in [-0.2, 0) is 0 Å². The zero-order valence-corrected chi connectivity index (χ0v) is 10.7. The molecule has 0 unspecified atom stereocenters. The Bertz CT molecular complexity index is 750. The molecule has 0 aliphatic rings. The van der Waals surface area contributed by atoms with Crippen LogP contribution in [0.2, 0.25) is 0 Å². The van der Waals surface area contributed by atoms with E-state index in [0.717, 1.165) is 15.2 Å². The molecule has 0 saturated carbocycles. The van der Waals surface area contributed by atoms with Gasteiger partial charge in [-0.15, -0.1) is 11.3 Å². The standard InChI is InChI=1S/C12H8N2O2S2/c15-11-8(16-12(17)14-11)5-6-10-13-7-3-1-2-4-9(7)18-10/h1-6,15H,(H,14,17). The molecule has 0 fully saturated rings. The van der Waals surface area contributed by atoms with E-state index in [1.54, 1.807) is 23.5 Å². The Morgan fingerprint density at radius 1 is 1.33 bits per heavy atom. The highest BCUT2D eigenvalue weighted by molar-refractivity contribution is 7.71. The van der Waals surface area contributed by atoms with Gasteiger partial charge in [0.05, 0.1) is 10.2 Å². The number of benzene rings is 1. The molecule has 3 aromatic rings. The average molecular weight is 276 g/mol. The van der Waals surface area contributed by atoms with Crippen molar-refractivity contribution in [3.05, 3.63) is 39.9 Å². The maximum absolute atomic E-state index is 9.46. The third-order valence-corrected chi connectivity index (χ3v) is 3.53. The van der Waals surface area contributed by atoms with Gasteiger partial charge in [0.25, 0.3) is 4.84 Å². The summed E-state index contributed by atoms with van der Waals surface area (Å²) >= 11 is 6.35. The predicted molar refractivity (Wildman–Crippen MR) is 74.1 cm³/mol. The number of hydrogen-bond acceptors (Lipinski definition) is 5. The van der Waals surface area contributed by atoms with E-state index in [1.165, 1.54) is 0 Å². The van der Waals surface area contributed by atoms with E-state index in [9.17, 15) is 5.11 Å². The van der Waals surface area contributed by atoms with E-state index in [1.807, 2.05) is 24.3 Å². The van der Waals surface area contributed by atoms with Crippen LogP contribution in [0.1, 0.15) is 10.8 Å². The number of para-hydroxylation sites is 1. The lowest BCUT2D eigenvalue weighted by Crippen LogP contribution is -1.69. The molecular weight excluding hydrogens is 268 g/mol. The van der Waals surface area contributed by atoms with E-state index < -0.39 is 0 Å². The number of fused-ring (bicyclic) bond motifs is 1. The summed E-state index contributed by atoms with van der Waals surface area (Å²) in [6.45, 7) is 0. The highest BCUT2D eigenvalue weighted by Gasteiger charge is 2.04. The first-order chi connectivity index (χ1) is 8.72. The fraction of sp³-hybridized carbons (Fsp3) is 0. The molecule has 6 heteroatoms. The Kier molecular flexibility index (Phi) is 2.73. The largest absolute Gasteiger partial charge is 0.492 e. The van der Waals surface area contributed by atoms with Crippen molar-refractivity contribution in [3.63, 3.8) is 0 Å². The van der Waals surface area contributed by atoms with Crippen LogP contribution >= 0.6 is 23.6 Å². The Balaban J connectivity index is 1.96. The molecule has 4 nitrogen and oxygen atoms in total. The smallest absolute Gasteiger partial charge is 0.269 e. The molecule has 2 aromatic heterocycles. The molecule has 0 amide bonds. The van der Waals surface area contributed by atoms with Crippen molar-refractivity contribution in [2.24, 2.45) is 0 Å². The lowest BCUT2D eigenvalue weighted by Gasteiger charge is -1.84. The van der Waals surface area contributed by atoms with Crippen molar-refractivity contribution in [3.8, 4) is 5.88 Å². The Hall–Kier alpha value is -1.92. The first-order valence-corrected chi connectivity index (χ1v) is 6.40. The molecule has 0 aliphatic carbocycles. The van der Waals surface area contributed by atoms with E-state index in [2.05, 4.69) is 9.97 Å². The third kappa shape index (κ3) is 2.07. The minimum atomic E-state index is -0.0719. The summed E-state index contributed by atoms with van der Waals surface area (Å²) in [6, 6.07) is 7.91. The Labute approximate surface area is 111 Å². The van der Waals surface area contributed by atoms with Crippen molar-refractivity contribution in [1.82, 2.24) is 9.97 Å². The maximum atomic E-state index is 9.46. The molecule has 0 aliphatic heterocycles. The van der Waals surface area contributed by atoms with Gasteiger partial charge in [0.2, 0.25) is 5.88 Å². The number of aromatic nitrogens is 2. The van der Waals surface area contributed by atoms with Crippen LogP contribution in [0, 0.1) is 4.84 Å². The SMILES string of the molecule is Oc1[nH]c(=S)oc1C=Cc1nc2ccccc2s1. The van der Waals surface area contributed by atoms with Crippen molar-refractivity contribution in [1.29, 1.82) is 0 Å². The fourth-order valence-corrected chi connectivity index (χ4v) is 2.61. The lowest BCUT2D eigenvalue weighted by molar-refractivity contribution is 0.444. The number of aromatic amines is 1. The summed E-state index contributed by atoms with van der Waals surface area (Å²) in [5, 5.41) is 10.3. The fourth-order valence-electron chi connectivity index (χ4n) is 1.55. The first kappa shape index (κ1) is 11.2. The molecule has 3 rings (SSSR count). The summed E-state index contributed by atoms with van der Waals surface area (Å²) in [5.74, 6) is 0.233. The minimum absolute atomic E-state index is 0.0719. The normalized spacial score (nSPS) is 11.6. The summed E-state index contributed by atoms with van der Waals surface area (Å²) < 4.78 is 6.23. The van der Waals surface area contributed by atoms with Crippen molar-refractivity contribution >= 4 is 45.9 Å². The van der Waals surface area contributed by atoms with Crippen LogP contribution in [-0.4, -0.2) is 15.1 Å². The van der Waals surface area contributed by atoms with Gasteiger partial charge in [-0.1, -0.05) is 12.1 Å². The van der Waals surface area contributed by atoms with Crippen molar-refractivity contribution in [2.45, 2.75) is 0 Å². The van der Waals surface area contributed by atoms with Crippen LogP contribution in [0.4, 0.5) is 0 Å². The second kappa shape index (κ2) is 4.40. The van der Waals surface area contributed by atoms with E-state index in [-0.39, 0.29) is 10.7 Å². The van der Waals surface area contributed by atoms with Crippen LogP contribution in [0.25, 0.3) is 22.4 Å². The number of thiazole rings is 1. The molecule has 0 saturated heterocycles. The Morgan fingerprint density at radius 2 is 2.17 bits per heavy atom. The second-order valence-corrected chi connectivity index (χ2v) is 5.01. The topological polar surface area (TPSA) is 62.0 Å². The molecule has 2 N–H and O–H groups in total. The maximum Gasteiger partial charge on any atom is 0.269 e. The molecule has 0 atom stereocenters. The molecule has 2 heterocycles. The summed E-state index contributed by atoms with van der Waals surface area (Å²) in [4.78, 5) is 7.09. The highest BCUT2D eigenvalue weighted by Crippen LogP contribution is 2.24. The zero-order chi connectivity index (χ0) is 12.5. The number of hydrogen-bond donors (Lipinski definition) is 2. The number of rotatable bonds is 2. The summed E-state index contributed by atoms with van der Waals surface area (Å²) in [7, 11) is 0. The van der Waals surface area contributed by atoms with Crippen LogP contribution in [0.3, 0.4) is 0 Å². The van der Waals surface area contributed by atoms with Gasteiger partial charge in [-0.25, -0.2) is 4.98 Å². The van der Waals surface area contributed by atoms with Gasteiger partial charge in [0.1, 0.15) is 5.01 Å². The first-order valence-electron chi connectivity index (χ1n) is 5.18. The van der Waals surface area contributed by atoms with Gasteiger partial charge in [0, 0.05) is 0 Å². The number of H-pyrrole nitrogens is 1. The average Bonchev–Trinajstić information content (AvgIpc) is 2.89. The van der Waals surface area contributed by atoms with Gasteiger partial charge in [0.15, 0.2) is 5.76 Å². The van der Waals surface area contributed by atoms with Gasteiger partial charge in [-0.3, -0.25) is 4.98 Å². The molecular formula is C12H8N2O2S2. The quantitative estimate of drug-likeness (QED) is 0.698. The zero-order valence-electron chi connectivity index (χ0n) is 9.08. The number of nitrogens with zero attached hydrogens (tertiary/aromatic N) is 1. The third-order valence-electron chi connectivity index (χ3n) is 2.34. The predicted octanol–water partition coefficient (Wildman–Crippen LogP) is 3.82. The monoisotopic (exact) mass is 276 g/mol. The molecule has 0 radical (unpaired) electrons. The molecule has 1 aromatic carbocycles. The highest BCUT2D eigenvalue weighted by atomic mass is 32.1. The molecule has 0 bridgehead atoms. The number of oxazole rings is 1. The van der Waals surface area contributed by atoms with Crippen LogP contribution in [0.5, 0.6) is 5.88 Å². The van der Waals surface area contributed by atoms with Crippen molar-refractivity contribution in [2.75, 3.05) is 0 Å². The molecule has 18 heavy (non-hydrogen) atoms. The molecule has 90 valence electrons. The summed E-state index contributed by atoms with van der Waals surface area (Å²) in [6.07, 6.45) is 3.42. The van der Waals surface area contributed by atoms with Crippen LogP contribution in [0.15, 0.2) is 28.7 Å². The summed E-state index contributed by atoms with van der Waals surface area (Å²) in [5.41, 5.74) is 0.960. The van der Waals surface area contributed by atoms with E-state index >= 15 is 0 Å². The van der Waals surface area contributed by atoms with Gasteiger partial charge in [-0.05, 0) is 36.5 Å². The Morgan fingerprint density at radius 3 is 2.89 bits per heavy atom. The lowest BCUT2D eigenvalue weighted by atomic mass is 10.3.